The number of rotatable bonds is 4. The molecule has 1 aromatic carbocycles. The van der Waals surface area contributed by atoms with Gasteiger partial charge in [0.1, 0.15) is 5.76 Å². The Kier molecular flexibility index (Phi) is 3.27. The maximum Gasteiger partial charge on any atom is 0.117 e. The molecule has 16 heavy (non-hydrogen) atoms. The third-order valence-electron chi connectivity index (χ3n) is 2.49. The number of benzene rings is 1. The fourth-order valence-electron chi connectivity index (χ4n) is 1.62. The van der Waals surface area contributed by atoms with Gasteiger partial charge in [-0.05, 0) is 30.7 Å². The Hall–Kier alpha value is -1.74. The van der Waals surface area contributed by atoms with Crippen molar-refractivity contribution in [2.45, 2.75) is 20.0 Å². The maximum atomic E-state index is 5.89. The highest BCUT2D eigenvalue weighted by Crippen LogP contribution is 2.13. The van der Waals surface area contributed by atoms with E-state index >= 15 is 0 Å². The number of anilines is 1. The van der Waals surface area contributed by atoms with Crippen LogP contribution >= 0.6 is 0 Å². The van der Waals surface area contributed by atoms with E-state index in [-0.39, 0.29) is 0 Å². The molecule has 0 saturated carbocycles. The van der Waals surface area contributed by atoms with Gasteiger partial charge in [-0.2, -0.15) is 0 Å². The van der Waals surface area contributed by atoms with Crippen LogP contribution in [0.15, 0.2) is 41.0 Å². The zero-order chi connectivity index (χ0) is 11.4. The Morgan fingerprint density at radius 1 is 1.25 bits per heavy atom. The number of aryl methyl sites for hydroxylation is 1. The average Bonchev–Trinajstić information content (AvgIpc) is 2.76. The molecule has 3 N–H and O–H groups in total. The first-order chi connectivity index (χ1) is 7.75. The van der Waals surface area contributed by atoms with E-state index < -0.39 is 0 Å². The van der Waals surface area contributed by atoms with Crippen molar-refractivity contribution < 1.29 is 4.42 Å². The molecule has 2 rings (SSSR count). The molecule has 1 heterocycles. The van der Waals surface area contributed by atoms with Crippen molar-refractivity contribution in [1.82, 2.24) is 5.32 Å². The largest absolute Gasteiger partial charge is 0.468 e. The average molecular weight is 216 g/mol. The van der Waals surface area contributed by atoms with Gasteiger partial charge in [0.2, 0.25) is 0 Å². The Balaban J connectivity index is 1.92. The van der Waals surface area contributed by atoms with E-state index in [0.29, 0.717) is 0 Å². The lowest BCUT2D eigenvalue weighted by atomic mass is 10.1. The van der Waals surface area contributed by atoms with Crippen LogP contribution in [-0.2, 0) is 13.1 Å². The van der Waals surface area contributed by atoms with Crippen molar-refractivity contribution in [3.8, 4) is 0 Å². The molecule has 0 aliphatic heterocycles. The monoisotopic (exact) mass is 216 g/mol. The Morgan fingerprint density at radius 3 is 2.88 bits per heavy atom. The highest BCUT2D eigenvalue weighted by atomic mass is 16.3. The molecule has 3 heteroatoms. The fraction of sp³-hybridized carbons (Fsp3) is 0.231. The SMILES string of the molecule is Cc1ccc(N)c(CNCc2ccco2)c1. The molecule has 0 saturated heterocycles. The third kappa shape index (κ3) is 2.64. The van der Waals surface area contributed by atoms with Crippen molar-refractivity contribution >= 4 is 5.69 Å². The molecule has 2 aromatic rings. The van der Waals surface area contributed by atoms with Crippen LogP contribution in [0.25, 0.3) is 0 Å². The highest BCUT2D eigenvalue weighted by molar-refractivity contribution is 5.48. The van der Waals surface area contributed by atoms with Crippen LogP contribution in [0.4, 0.5) is 5.69 Å². The molecule has 0 bridgehead atoms. The van der Waals surface area contributed by atoms with Crippen molar-refractivity contribution in [1.29, 1.82) is 0 Å². The van der Waals surface area contributed by atoms with Crippen molar-refractivity contribution in [2.75, 3.05) is 5.73 Å². The van der Waals surface area contributed by atoms with Gasteiger partial charge in [0.15, 0.2) is 0 Å². The van der Waals surface area contributed by atoms with Gasteiger partial charge in [-0.1, -0.05) is 17.7 Å². The smallest absolute Gasteiger partial charge is 0.117 e. The lowest BCUT2D eigenvalue weighted by molar-refractivity contribution is 0.483. The quantitative estimate of drug-likeness (QED) is 0.772. The molecule has 0 fully saturated rings. The van der Waals surface area contributed by atoms with E-state index in [0.717, 1.165) is 30.1 Å². The summed E-state index contributed by atoms with van der Waals surface area (Å²) in [5.41, 5.74) is 9.07. The minimum absolute atomic E-state index is 0.723. The second-order valence-electron chi connectivity index (χ2n) is 3.89. The first-order valence-electron chi connectivity index (χ1n) is 5.34. The predicted molar refractivity (Wildman–Crippen MR) is 64.8 cm³/mol. The zero-order valence-electron chi connectivity index (χ0n) is 9.36. The third-order valence-corrected chi connectivity index (χ3v) is 2.49. The van der Waals surface area contributed by atoms with Crippen molar-refractivity contribution in [2.24, 2.45) is 0 Å². The van der Waals surface area contributed by atoms with Gasteiger partial charge >= 0.3 is 0 Å². The maximum absolute atomic E-state index is 5.89. The number of nitrogens with one attached hydrogen (secondary N) is 1. The summed E-state index contributed by atoms with van der Waals surface area (Å²) >= 11 is 0. The summed E-state index contributed by atoms with van der Waals surface area (Å²) < 4.78 is 5.23. The van der Waals surface area contributed by atoms with Gasteiger partial charge in [0, 0.05) is 12.2 Å². The molecule has 0 aliphatic rings. The molecular weight excluding hydrogens is 200 g/mol. The first-order valence-corrected chi connectivity index (χ1v) is 5.34. The summed E-state index contributed by atoms with van der Waals surface area (Å²) in [6, 6.07) is 9.90. The summed E-state index contributed by atoms with van der Waals surface area (Å²) in [4.78, 5) is 0. The van der Waals surface area contributed by atoms with Crippen LogP contribution in [0.1, 0.15) is 16.9 Å². The van der Waals surface area contributed by atoms with Crippen LogP contribution < -0.4 is 11.1 Å². The van der Waals surface area contributed by atoms with E-state index in [1.54, 1.807) is 6.26 Å². The summed E-state index contributed by atoms with van der Waals surface area (Å²) in [5, 5.41) is 3.30. The van der Waals surface area contributed by atoms with Crippen molar-refractivity contribution in [3.63, 3.8) is 0 Å². The number of hydrogen-bond donors (Lipinski definition) is 2. The minimum atomic E-state index is 0.723. The normalized spacial score (nSPS) is 10.6. The minimum Gasteiger partial charge on any atom is -0.468 e. The first kappa shape index (κ1) is 10.8. The molecular formula is C13H16N2O. The fourth-order valence-corrected chi connectivity index (χ4v) is 1.62. The summed E-state index contributed by atoms with van der Waals surface area (Å²) in [6.45, 7) is 3.55. The lowest BCUT2D eigenvalue weighted by Crippen LogP contribution is -2.13. The molecule has 3 nitrogen and oxygen atoms in total. The predicted octanol–water partition coefficient (Wildman–Crippen LogP) is 2.46. The number of hydrogen-bond acceptors (Lipinski definition) is 3. The van der Waals surface area contributed by atoms with E-state index in [2.05, 4.69) is 18.3 Å². The van der Waals surface area contributed by atoms with Gasteiger partial charge < -0.3 is 15.5 Å². The standard InChI is InChI=1S/C13H16N2O/c1-10-4-5-13(14)11(7-10)8-15-9-12-3-2-6-16-12/h2-7,15H,8-9,14H2,1H3. The summed E-state index contributed by atoms with van der Waals surface area (Å²) in [6.07, 6.45) is 1.68. The van der Waals surface area contributed by atoms with Gasteiger partial charge in [-0.3, -0.25) is 0 Å². The van der Waals surface area contributed by atoms with Gasteiger partial charge in [0.25, 0.3) is 0 Å². The second kappa shape index (κ2) is 4.86. The van der Waals surface area contributed by atoms with Crippen LogP contribution in [0, 0.1) is 6.92 Å². The lowest BCUT2D eigenvalue weighted by Gasteiger charge is -2.07. The molecule has 0 unspecified atom stereocenters. The van der Waals surface area contributed by atoms with Crippen LogP contribution in [-0.4, -0.2) is 0 Å². The highest BCUT2D eigenvalue weighted by Gasteiger charge is 2.00. The Labute approximate surface area is 95.3 Å². The molecule has 0 radical (unpaired) electrons. The molecule has 1 aromatic heterocycles. The second-order valence-corrected chi connectivity index (χ2v) is 3.89. The zero-order valence-corrected chi connectivity index (χ0v) is 9.36. The van der Waals surface area contributed by atoms with Crippen LogP contribution in [0.2, 0.25) is 0 Å². The molecule has 0 spiro atoms. The molecule has 0 atom stereocenters. The van der Waals surface area contributed by atoms with E-state index in [1.807, 2.05) is 24.3 Å². The molecule has 0 aliphatic carbocycles. The number of nitrogen functional groups attached to an aromatic ring is 1. The van der Waals surface area contributed by atoms with Crippen LogP contribution in [0.5, 0.6) is 0 Å². The van der Waals surface area contributed by atoms with Gasteiger partial charge in [0.05, 0.1) is 12.8 Å². The van der Waals surface area contributed by atoms with E-state index in [1.165, 1.54) is 5.56 Å². The summed E-state index contributed by atoms with van der Waals surface area (Å²) in [5.74, 6) is 0.936. The summed E-state index contributed by atoms with van der Waals surface area (Å²) in [7, 11) is 0. The van der Waals surface area contributed by atoms with E-state index in [4.69, 9.17) is 10.2 Å². The van der Waals surface area contributed by atoms with Gasteiger partial charge in [-0.15, -0.1) is 0 Å². The number of nitrogens with two attached hydrogens (primary N) is 1. The number of furan rings is 1. The Morgan fingerprint density at radius 2 is 2.12 bits per heavy atom. The Bertz CT molecular complexity index is 449. The molecule has 84 valence electrons. The van der Waals surface area contributed by atoms with E-state index in [9.17, 15) is 0 Å². The van der Waals surface area contributed by atoms with Crippen molar-refractivity contribution in [3.05, 3.63) is 53.5 Å². The topological polar surface area (TPSA) is 51.2 Å². The van der Waals surface area contributed by atoms with Crippen LogP contribution in [0.3, 0.4) is 0 Å². The van der Waals surface area contributed by atoms with Gasteiger partial charge in [-0.25, -0.2) is 0 Å². The molecule has 0 amide bonds.